The highest BCUT2D eigenvalue weighted by molar-refractivity contribution is 8.01. The van der Waals surface area contributed by atoms with Gasteiger partial charge in [-0.25, -0.2) is 0 Å². The van der Waals surface area contributed by atoms with Crippen molar-refractivity contribution < 1.29 is 24.4 Å². The van der Waals surface area contributed by atoms with E-state index in [9.17, 15) is 10.2 Å². The summed E-state index contributed by atoms with van der Waals surface area (Å²) in [4.78, 5) is 0. The summed E-state index contributed by atoms with van der Waals surface area (Å²) in [6.07, 6.45) is 1.85. The average molecular weight is 348 g/mol. The van der Waals surface area contributed by atoms with Gasteiger partial charge in [-0.05, 0) is 29.2 Å². The van der Waals surface area contributed by atoms with Crippen molar-refractivity contribution in [1.82, 2.24) is 0 Å². The Labute approximate surface area is 145 Å². The Balaban J connectivity index is 2.10. The number of aromatic hydroxyl groups is 2. The minimum atomic E-state index is -0.138. The Morgan fingerprint density at radius 2 is 1.58 bits per heavy atom. The maximum absolute atomic E-state index is 9.49. The van der Waals surface area contributed by atoms with Gasteiger partial charge in [0.25, 0.3) is 0 Å². The highest BCUT2D eigenvalue weighted by Crippen LogP contribution is 2.36. The molecule has 128 valence electrons. The molecule has 2 N–H and O–H groups in total. The van der Waals surface area contributed by atoms with Gasteiger partial charge in [0.1, 0.15) is 17.2 Å². The highest BCUT2D eigenvalue weighted by atomic mass is 32.2. The van der Waals surface area contributed by atoms with Gasteiger partial charge in [0.2, 0.25) is 0 Å². The summed E-state index contributed by atoms with van der Waals surface area (Å²) in [5.74, 6) is 2.46. The average Bonchev–Trinajstić information content (AvgIpc) is 2.61. The van der Waals surface area contributed by atoms with Crippen LogP contribution in [0.15, 0.2) is 35.7 Å². The van der Waals surface area contributed by atoms with E-state index in [4.69, 9.17) is 14.2 Å². The van der Waals surface area contributed by atoms with Crippen molar-refractivity contribution in [3.63, 3.8) is 0 Å². The molecule has 24 heavy (non-hydrogen) atoms. The summed E-state index contributed by atoms with van der Waals surface area (Å²) < 4.78 is 16.1. The lowest BCUT2D eigenvalue weighted by Crippen LogP contribution is -1.97. The number of phenols is 2. The predicted octanol–water partition coefficient (Wildman–Crippen LogP) is 4.03. The van der Waals surface area contributed by atoms with E-state index in [1.165, 1.54) is 12.1 Å². The van der Waals surface area contributed by atoms with E-state index in [0.717, 1.165) is 11.1 Å². The van der Waals surface area contributed by atoms with Gasteiger partial charge in [-0.3, -0.25) is 0 Å². The fourth-order valence-corrected chi connectivity index (χ4v) is 2.92. The monoisotopic (exact) mass is 348 g/mol. The second-order valence-corrected chi connectivity index (χ2v) is 5.77. The summed E-state index contributed by atoms with van der Waals surface area (Å²) in [6.45, 7) is 0. The van der Waals surface area contributed by atoms with Crippen molar-refractivity contribution >= 4 is 17.8 Å². The lowest BCUT2D eigenvalue weighted by atomic mass is 10.2. The molecule has 2 rings (SSSR count). The molecule has 0 fully saturated rings. The first-order chi connectivity index (χ1) is 11.6. The van der Waals surface area contributed by atoms with E-state index in [1.807, 2.05) is 23.6 Å². The molecule has 2 aromatic carbocycles. The number of benzene rings is 2. The maximum Gasteiger partial charge on any atom is 0.157 e. The molecule has 0 aliphatic heterocycles. The van der Waals surface area contributed by atoms with Gasteiger partial charge in [-0.2, -0.15) is 0 Å². The van der Waals surface area contributed by atoms with Crippen LogP contribution in [0.4, 0.5) is 0 Å². The molecule has 0 aliphatic carbocycles. The quantitative estimate of drug-likeness (QED) is 0.737. The predicted molar refractivity (Wildman–Crippen MR) is 96.2 cm³/mol. The minimum absolute atomic E-state index is 0.132. The Bertz CT molecular complexity index is 702. The number of rotatable bonds is 7. The standard InChI is InChI=1S/C18H20O5S/c1-21-13-9-17(22-2)14(18(10-13)23-3)11-24-7-6-12-4-5-15(19)16(20)8-12/h4-10,19-20H,11H2,1-3H3/b7-6-. The smallest absolute Gasteiger partial charge is 0.157 e. The SMILES string of the molecule is COc1cc(OC)c(CS/C=C\c2ccc(O)c(O)c2)c(OC)c1. The Hall–Kier alpha value is -2.47. The van der Waals surface area contributed by atoms with Crippen molar-refractivity contribution in [3.8, 4) is 28.7 Å². The van der Waals surface area contributed by atoms with Gasteiger partial charge in [0.15, 0.2) is 11.5 Å². The molecule has 0 unspecified atom stereocenters. The molecule has 0 heterocycles. The van der Waals surface area contributed by atoms with Crippen molar-refractivity contribution in [2.45, 2.75) is 5.75 Å². The number of thioether (sulfide) groups is 1. The number of phenolic OH excluding ortho intramolecular Hbond substituents is 2. The first-order valence-corrected chi connectivity index (χ1v) is 8.23. The topological polar surface area (TPSA) is 68.2 Å². The number of hydrogen-bond donors (Lipinski definition) is 2. The van der Waals surface area contributed by atoms with Crippen LogP contribution >= 0.6 is 11.8 Å². The van der Waals surface area contributed by atoms with Crippen LogP contribution in [-0.2, 0) is 5.75 Å². The van der Waals surface area contributed by atoms with Gasteiger partial charge in [0, 0.05) is 23.4 Å². The lowest BCUT2D eigenvalue weighted by Gasteiger charge is -2.14. The zero-order chi connectivity index (χ0) is 17.5. The van der Waals surface area contributed by atoms with E-state index < -0.39 is 0 Å². The van der Waals surface area contributed by atoms with E-state index >= 15 is 0 Å². The third-order valence-electron chi connectivity index (χ3n) is 3.40. The molecular formula is C18H20O5S. The molecule has 0 bridgehead atoms. The van der Waals surface area contributed by atoms with Crippen LogP contribution in [0.3, 0.4) is 0 Å². The van der Waals surface area contributed by atoms with E-state index in [-0.39, 0.29) is 11.5 Å². The lowest BCUT2D eigenvalue weighted by molar-refractivity contribution is 0.371. The summed E-state index contributed by atoms with van der Waals surface area (Å²) >= 11 is 1.56. The number of hydrogen-bond acceptors (Lipinski definition) is 6. The molecular weight excluding hydrogens is 328 g/mol. The Morgan fingerprint density at radius 1 is 0.917 bits per heavy atom. The van der Waals surface area contributed by atoms with Crippen molar-refractivity contribution in [1.29, 1.82) is 0 Å². The molecule has 0 radical (unpaired) electrons. The maximum atomic E-state index is 9.49. The molecule has 0 atom stereocenters. The van der Waals surface area contributed by atoms with Crippen LogP contribution in [0.2, 0.25) is 0 Å². The van der Waals surface area contributed by atoms with Crippen LogP contribution in [-0.4, -0.2) is 31.5 Å². The summed E-state index contributed by atoms with van der Waals surface area (Å²) in [6, 6.07) is 8.32. The fraction of sp³-hybridized carbons (Fsp3) is 0.222. The second-order valence-electron chi connectivity index (χ2n) is 4.87. The molecule has 2 aromatic rings. The highest BCUT2D eigenvalue weighted by Gasteiger charge is 2.12. The molecule has 0 aliphatic rings. The number of methoxy groups -OCH3 is 3. The Morgan fingerprint density at radius 3 is 2.12 bits per heavy atom. The first-order valence-electron chi connectivity index (χ1n) is 7.18. The third kappa shape index (κ3) is 4.29. The van der Waals surface area contributed by atoms with Crippen LogP contribution in [0.25, 0.3) is 6.08 Å². The molecule has 0 saturated carbocycles. The summed E-state index contributed by atoms with van der Waals surface area (Å²) in [5.41, 5.74) is 1.73. The van der Waals surface area contributed by atoms with E-state index in [1.54, 1.807) is 39.2 Å². The normalized spacial score (nSPS) is 10.8. The third-order valence-corrected chi connectivity index (χ3v) is 4.18. The van der Waals surface area contributed by atoms with Gasteiger partial charge >= 0.3 is 0 Å². The molecule has 0 saturated heterocycles. The van der Waals surface area contributed by atoms with Gasteiger partial charge < -0.3 is 24.4 Å². The van der Waals surface area contributed by atoms with Gasteiger partial charge in [-0.15, -0.1) is 11.8 Å². The Kier molecular flexibility index (Phi) is 6.26. The zero-order valence-electron chi connectivity index (χ0n) is 13.8. The molecule has 0 spiro atoms. The minimum Gasteiger partial charge on any atom is -0.504 e. The van der Waals surface area contributed by atoms with Crippen LogP contribution in [0.1, 0.15) is 11.1 Å². The molecule has 0 aromatic heterocycles. The van der Waals surface area contributed by atoms with Crippen LogP contribution < -0.4 is 14.2 Å². The molecule has 5 nitrogen and oxygen atoms in total. The van der Waals surface area contributed by atoms with Crippen LogP contribution in [0, 0.1) is 0 Å². The largest absolute Gasteiger partial charge is 0.504 e. The fourth-order valence-electron chi connectivity index (χ4n) is 2.12. The molecule has 0 amide bonds. The molecule has 6 heteroatoms. The second kappa shape index (κ2) is 8.40. The van der Waals surface area contributed by atoms with E-state index in [2.05, 4.69) is 0 Å². The zero-order valence-corrected chi connectivity index (χ0v) is 14.6. The summed E-state index contributed by atoms with van der Waals surface area (Å²) in [7, 11) is 4.81. The van der Waals surface area contributed by atoms with Crippen LogP contribution in [0.5, 0.6) is 28.7 Å². The number of ether oxygens (including phenoxy) is 3. The van der Waals surface area contributed by atoms with Crippen molar-refractivity contribution in [2.75, 3.05) is 21.3 Å². The van der Waals surface area contributed by atoms with Gasteiger partial charge in [0.05, 0.1) is 21.3 Å². The van der Waals surface area contributed by atoms with E-state index in [0.29, 0.717) is 23.0 Å². The van der Waals surface area contributed by atoms with Gasteiger partial charge in [-0.1, -0.05) is 6.07 Å². The van der Waals surface area contributed by atoms with Crippen molar-refractivity contribution in [2.24, 2.45) is 0 Å². The van der Waals surface area contributed by atoms with Crippen molar-refractivity contribution in [3.05, 3.63) is 46.9 Å². The first kappa shape index (κ1) is 17.9. The summed E-state index contributed by atoms with van der Waals surface area (Å²) in [5, 5.41) is 20.7.